The Balaban J connectivity index is 1.69. The highest BCUT2D eigenvalue weighted by molar-refractivity contribution is 7.15. The predicted octanol–water partition coefficient (Wildman–Crippen LogP) is 5.31. The van der Waals surface area contributed by atoms with Crippen molar-refractivity contribution in [3.63, 3.8) is 0 Å². The fourth-order valence-electron chi connectivity index (χ4n) is 3.27. The van der Waals surface area contributed by atoms with Gasteiger partial charge in [-0.1, -0.05) is 43.5 Å². The molecule has 0 bridgehead atoms. The Bertz CT molecular complexity index is 920. The number of rotatable bonds is 11. The van der Waals surface area contributed by atoms with Gasteiger partial charge in [-0.05, 0) is 18.6 Å². The fourth-order valence-corrected chi connectivity index (χ4v) is 4.30. The number of amides is 1. The molecule has 0 spiro atoms. The number of carbonyl (C=O) groups excluding carboxylic acids is 1. The van der Waals surface area contributed by atoms with Crippen molar-refractivity contribution in [2.24, 2.45) is 0 Å². The molecule has 0 saturated heterocycles. The van der Waals surface area contributed by atoms with Crippen molar-refractivity contribution in [1.82, 2.24) is 14.3 Å². The smallest absolute Gasteiger partial charge is 0.222 e. The number of nitrogens with zero attached hydrogens (tertiary/aromatic N) is 3. The molecule has 156 valence electrons. The second-order valence-corrected chi connectivity index (χ2v) is 8.37. The minimum absolute atomic E-state index is 0.217. The van der Waals surface area contributed by atoms with E-state index in [9.17, 15) is 4.79 Å². The van der Waals surface area contributed by atoms with E-state index in [0.29, 0.717) is 26.1 Å². The van der Waals surface area contributed by atoms with Crippen LogP contribution in [0.4, 0.5) is 0 Å². The van der Waals surface area contributed by atoms with Gasteiger partial charge in [-0.2, -0.15) is 0 Å². The summed E-state index contributed by atoms with van der Waals surface area (Å²) in [5, 5.41) is 2.85. The molecule has 3 aromatic rings. The molecule has 0 aliphatic rings. The summed E-state index contributed by atoms with van der Waals surface area (Å²) in [5.74, 6) is 0.217. The van der Waals surface area contributed by atoms with E-state index >= 15 is 0 Å². The van der Waals surface area contributed by atoms with Gasteiger partial charge in [0.05, 0.1) is 12.3 Å². The van der Waals surface area contributed by atoms with E-state index in [1.807, 2.05) is 29.2 Å². The van der Waals surface area contributed by atoms with Crippen LogP contribution in [0.25, 0.3) is 16.2 Å². The highest BCUT2D eigenvalue weighted by atomic mass is 35.5. The number of methoxy groups -OCH3 is 1. The zero-order chi connectivity index (χ0) is 20.6. The third-order valence-electron chi connectivity index (χ3n) is 4.97. The molecular weight excluding hydrogens is 406 g/mol. The molecule has 0 N–H and O–H groups in total. The van der Waals surface area contributed by atoms with Crippen LogP contribution in [0.2, 0.25) is 5.02 Å². The molecule has 2 heterocycles. The van der Waals surface area contributed by atoms with Crippen LogP contribution in [0.3, 0.4) is 0 Å². The molecule has 2 aromatic heterocycles. The number of halogens is 1. The van der Waals surface area contributed by atoms with Gasteiger partial charge in [0.15, 0.2) is 4.96 Å². The zero-order valence-electron chi connectivity index (χ0n) is 17.1. The number of imidazole rings is 1. The summed E-state index contributed by atoms with van der Waals surface area (Å²) in [6.07, 6.45) is 6.63. The van der Waals surface area contributed by atoms with E-state index in [2.05, 4.69) is 22.9 Å². The van der Waals surface area contributed by atoms with Crippen molar-refractivity contribution < 1.29 is 9.53 Å². The summed E-state index contributed by atoms with van der Waals surface area (Å²) in [6, 6.07) is 7.72. The normalized spacial score (nSPS) is 11.3. The Labute approximate surface area is 181 Å². The first-order valence-electron chi connectivity index (χ1n) is 10.1. The maximum Gasteiger partial charge on any atom is 0.222 e. The van der Waals surface area contributed by atoms with Crippen LogP contribution in [-0.2, 0) is 16.0 Å². The second-order valence-electron chi connectivity index (χ2n) is 7.09. The van der Waals surface area contributed by atoms with Gasteiger partial charge in [-0.25, -0.2) is 4.98 Å². The molecule has 1 amide bonds. The minimum atomic E-state index is 0.217. The summed E-state index contributed by atoms with van der Waals surface area (Å²) in [6.45, 7) is 4.03. The van der Waals surface area contributed by atoms with E-state index < -0.39 is 0 Å². The number of aromatic nitrogens is 2. The summed E-state index contributed by atoms with van der Waals surface area (Å²) >= 11 is 7.61. The van der Waals surface area contributed by atoms with E-state index in [0.717, 1.165) is 46.9 Å². The molecule has 0 aliphatic carbocycles. The van der Waals surface area contributed by atoms with Crippen LogP contribution < -0.4 is 0 Å². The lowest BCUT2D eigenvalue weighted by Crippen LogP contribution is -2.35. The highest BCUT2D eigenvalue weighted by Crippen LogP contribution is 2.25. The maximum absolute atomic E-state index is 12.6. The standard InChI is InChI=1S/C22H28ClN3O2S/c1-3-4-5-6-21(27)25(13-14-28-2)12-11-19-16-29-22-24-20(15-26(19)22)17-7-9-18(23)10-8-17/h7-10,15-16H,3-6,11-14H2,1-2H3. The lowest BCUT2D eigenvalue weighted by atomic mass is 10.2. The van der Waals surface area contributed by atoms with Crippen LogP contribution in [0.1, 0.15) is 38.3 Å². The van der Waals surface area contributed by atoms with E-state index in [1.165, 1.54) is 5.69 Å². The monoisotopic (exact) mass is 433 g/mol. The third kappa shape index (κ3) is 5.81. The van der Waals surface area contributed by atoms with E-state index in [1.54, 1.807) is 18.4 Å². The molecule has 3 rings (SSSR count). The molecule has 0 aliphatic heterocycles. The number of fused-ring (bicyclic) bond motifs is 1. The summed E-state index contributed by atoms with van der Waals surface area (Å²) in [4.78, 5) is 20.2. The first-order chi connectivity index (χ1) is 14.1. The van der Waals surface area contributed by atoms with E-state index in [4.69, 9.17) is 21.3 Å². The van der Waals surface area contributed by atoms with Crippen molar-refractivity contribution in [3.8, 4) is 11.3 Å². The number of benzene rings is 1. The SMILES string of the molecule is CCCCCC(=O)N(CCOC)CCc1csc2nc(-c3ccc(Cl)cc3)cn12. The average Bonchev–Trinajstić information content (AvgIpc) is 3.30. The van der Waals surface area contributed by atoms with Gasteiger partial charge in [-0.3, -0.25) is 9.20 Å². The first kappa shape index (κ1) is 21.8. The molecule has 0 atom stereocenters. The number of carbonyl (C=O) groups is 1. The Morgan fingerprint density at radius 2 is 2.03 bits per heavy atom. The van der Waals surface area contributed by atoms with Gasteiger partial charge in [0.1, 0.15) is 0 Å². The highest BCUT2D eigenvalue weighted by Gasteiger charge is 2.15. The predicted molar refractivity (Wildman–Crippen MR) is 120 cm³/mol. The largest absolute Gasteiger partial charge is 0.383 e. The summed E-state index contributed by atoms with van der Waals surface area (Å²) < 4.78 is 7.33. The molecule has 7 heteroatoms. The van der Waals surface area contributed by atoms with Gasteiger partial charge < -0.3 is 9.64 Å². The molecular formula is C22H28ClN3O2S. The molecule has 0 fully saturated rings. The number of hydrogen-bond acceptors (Lipinski definition) is 4. The van der Waals surface area contributed by atoms with Gasteiger partial charge in [0.2, 0.25) is 5.91 Å². The quantitative estimate of drug-likeness (QED) is 0.385. The summed E-state index contributed by atoms with van der Waals surface area (Å²) in [7, 11) is 1.67. The van der Waals surface area contributed by atoms with Crippen LogP contribution in [0.15, 0.2) is 35.8 Å². The van der Waals surface area contributed by atoms with Crippen molar-refractivity contribution in [2.45, 2.75) is 39.0 Å². The maximum atomic E-state index is 12.6. The lowest BCUT2D eigenvalue weighted by molar-refractivity contribution is -0.132. The van der Waals surface area contributed by atoms with Crippen molar-refractivity contribution in [2.75, 3.05) is 26.8 Å². The van der Waals surface area contributed by atoms with Gasteiger partial charge in [0, 0.05) is 60.9 Å². The fraction of sp³-hybridized carbons (Fsp3) is 0.455. The molecule has 0 radical (unpaired) electrons. The topological polar surface area (TPSA) is 46.8 Å². The number of thiazole rings is 1. The Morgan fingerprint density at radius 1 is 1.24 bits per heavy atom. The summed E-state index contributed by atoms with van der Waals surface area (Å²) in [5.41, 5.74) is 3.15. The van der Waals surface area contributed by atoms with Crippen molar-refractivity contribution >= 4 is 33.8 Å². The molecule has 5 nitrogen and oxygen atoms in total. The first-order valence-corrected chi connectivity index (χ1v) is 11.4. The van der Waals surface area contributed by atoms with Gasteiger partial charge in [0.25, 0.3) is 0 Å². The van der Waals surface area contributed by atoms with Gasteiger partial charge >= 0.3 is 0 Å². The Hall–Kier alpha value is -1.89. The number of unbranched alkanes of at least 4 members (excludes halogenated alkanes) is 2. The second kappa shape index (κ2) is 10.8. The molecule has 1 aromatic carbocycles. The van der Waals surface area contributed by atoms with Crippen molar-refractivity contribution in [1.29, 1.82) is 0 Å². The van der Waals surface area contributed by atoms with Gasteiger partial charge in [-0.15, -0.1) is 11.3 Å². The number of hydrogen-bond donors (Lipinski definition) is 0. The molecule has 0 saturated carbocycles. The Kier molecular flexibility index (Phi) is 8.09. The van der Waals surface area contributed by atoms with Crippen molar-refractivity contribution in [3.05, 3.63) is 46.6 Å². The molecule has 29 heavy (non-hydrogen) atoms. The lowest BCUT2D eigenvalue weighted by Gasteiger charge is -2.22. The van der Waals surface area contributed by atoms with Crippen LogP contribution in [0, 0.1) is 0 Å². The van der Waals surface area contributed by atoms with Crippen LogP contribution in [0.5, 0.6) is 0 Å². The van der Waals surface area contributed by atoms with Crippen LogP contribution in [-0.4, -0.2) is 47.0 Å². The number of ether oxygens (including phenoxy) is 1. The Morgan fingerprint density at radius 3 is 2.76 bits per heavy atom. The average molecular weight is 434 g/mol. The minimum Gasteiger partial charge on any atom is -0.383 e. The van der Waals surface area contributed by atoms with E-state index in [-0.39, 0.29) is 5.91 Å². The van der Waals surface area contributed by atoms with Crippen LogP contribution >= 0.6 is 22.9 Å². The third-order valence-corrected chi connectivity index (χ3v) is 6.11. The zero-order valence-corrected chi connectivity index (χ0v) is 18.6. The molecule has 0 unspecified atom stereocenters.